The highest BCUT2D eigenvalue weighted by atomic mass is 19.1. The molecule has 2 unspecified atom stereocenters. The van der Waals surface area contributed by atoms with Gasteiger partial charge in [-0.05, 0) is 47.6 Å². The van der Waals surface area contributed by atoms with Gasteiger partial charge in [-0.1, -0.05) is 24.3 Å². The van der Waals surface area contributed by atoms with Crippen molar-refractivity contribution in [1.29, 1.82) is 0 Å². The first-order valence-electron chi connectivity index (χ1n) is 10.9. The van der Waals surface area contributed by atoms with Crippen molar-refractivity contribution in [3.05, 3.63) is 71.0 Å². The Morgan fingerprint density at radius 1 is 1.22 bits per heavy atom. The number of halogens is 1. The minimum absolute atomic E-state index is 0.0739. The fourth-order valence-corrected chi connectivity index (χ4v) is 4.94. The molecule has 2 atom stereocenters. The molecular formula is C25H26FN3O3. The van der Waals surface area contributed by atoms with Crippen LogP contribution >= 0.6 is 0 Å². The third-order valence-corrected chi connectivity index (χ3v) is 6.44. The van der Waals surface area contributed by atoms with Crippen molar-refractivity contribution >= 4 is 22.4 Å². The summed E-state index contributed by atoms with van der Waals surface area (Å²) in [6.07, 6.45) is 2.11. The van der Waals surface area contributed by atoms with Gasteiger partial charge in [0.25, 0.3) is 5.91 Å². The van der Waals surface area contributed by atoms with Gasteiger partial charge in [0.15, 0.2) is 0 Å². The standard InChI is InChI=1S/C25H26FN3O3/c1-28-15-29(22-7-9-32-14-23(22)30)25(31)21-12-17(10-16-6-8-27-18(11-16)13-26)19-4-2-3-5-20(19)24(21)28/h2-6,8,11-12,22-23,30H,7,9-10,13-15H2,1H3. The summed E-state index contributed by atoms with van der Waals surface area (Å²) in [5, 5.41) is 12.6. The summed E-state index contributed by atoms with van der Waals surface area (Å²) in [4.78, 5) is 21.5. The number of amides is 1. The third kappa shape index (κ3) is 3.61. The molecule has 1 saturated heterocycles. The van der Waals surface area contributed by atoms with E-state index in [9.17, 15) is 14.3 Å². The third-order valence-electron chi connectivity index (χ3n) is 6.44. The van der Waals surface area contributed by atoms with E-state index in [2.05, 4.69) is 16.0 Å². The summed E-state index contributed by atoms with van der Waals surface area (Å²) in [5.41, 5.74) is 3.90. The Labute approximate surface area is 186 Å². The molecule has 0 aliphatic carbocycles. The number of carbonyl (C=O) groups is 1. The van der Waals surface area contributed by atoms with Crippen molar-refractivity contribution in [3.63, 3.8) is 0 Å². The molecule has 0 saturated carbocycles. The van der Waals surface area contributed by atoms with Crippen molar-refractivity contribution in [2.24, 2.45) is 0 Å². The van der Waals surface area contributed by atoms with Gasteiger partial charge in [-0.15, -0.1) is 0 Å². The van der Waals surface area contributed by atoms with E-state index in [4.69, 9.17) is 4.74 Å². The van der Waals surface area contributed by atoms with E-state index in [1.807, 2.05) is 37.4 Å². The lowest BCUT2D eigenvalue weighted by Crippen LogP contribution is -2.56. The molecule has 7 heteroatoms. The van der Waals surface area contributed by atoms with Gasteiger partial charge >= 0.3 is 0 Å². The number of pyridine rings is 1. The van der Waals surface area contributed by atoms with Crippen LogP contribution in [0.2, 0.25) is 0 Å². The first-order valence-corrected chi connectivity index (χ1v) is 10.9. The number of aliphatic hydroxyl groups excluding tert-OH is 1. The molecule has 2 aromatic carbocycles. The Balaban J connectivity index is 1.60. The Bertz CT molecular complexity index is 1170. The highest BCUT2D eigenvalue weighted by molar-refractivity contribution is 6.11. The first-order chi connectivity index (χ1) is 15.6. The monoisotopic (exact) mass is 435 g/mol. The van der Waals surface area contributed by atoms with E-state index in [0.29, 0.717) is 37.4 Å². The minimum atomic E-state index is -0.696. The Morgan fingerprint density at radius 3 is 2.81 bits per heavy atom. The quantitative estimate of drug-likeness (QED) is 0.681. The summed E-state index contributed by atoms with van der Waals surface area (Å²) < 4.78 is 18.5. The second-order valence-corrected chi connectivity index (χ2v) is 8.56. The van der Waals surface area contributed by atoms with Crippen molar-refractivity contribution < 1.29 is 19.0 Å². The maximum atomic E-state index is 13.6. The molecule has 1 amide bonds. The first kappa shape index (κ1) is 20.8. The normalized spacial score (nSPS) is 21.2. The van der Waals surface area contributed by atoms with E-state index in [1.165, 1.54) is 0 Å². The van der Waals surface area contributed by atoms with E-state index in [0.717, 1.165) is 27.6 Å². The molecule has 0 spiro atoms. The zero-order valence-electron chi connectivity index (χ0n) is 18.0. The Hall–Kier alpha value is -3.03. The summed E-state index contributed by atoms with van der Waals surface area (Å²) >= 11 is 0. The molecule has 2 aliphatic heterocycles. The van der Waals surface area contributed by atoms with Crippen LogP contribution in [0.25, 0.3) is 10.8 Å². The van der Waals surface area contributed by atoms with Gasteiger partial charge in [-0.25, -0.2) is 4.39 Å². The fourth-order valence-electron chi connectivity index (χ4n) is 4.94. The number of fused-ring (bicyclic) bond motifs is 3. The topological polar surface area (TPSA) is 65.9 Å². The van der Waals surface area contributed by atoms with Crippen molar-refractivity contribution in [2.75, 3.05) is 31.8 Å². The number of aliphatic hydroxyl groups is 1. The second kappa shape index (κ2) is 8.48. The zero-order chi connectivity index (χ0) is 22.2. The Kier molecular flexibility index (Phi) is 5.53. The predicted molar refractivity (Wildman–Crippen MR) is 120 cm³/mol. The summed E-state index contributed by atoms with van der Waals surface area (Å²) in [5.74, 6) is -0.0739. The van der Waals surface area contributed by atoms with Gasteiger partial charge in [0.2, 0.25) is 0 Å². The zero-order valence-corrected chi connectivity index (χ0v) is 18.0. The maximum absolute atomic E-state index is 13.6. The lowest BCUT2D eigenvalue weighted by atomic mass is 9.91. The van der Waals surface area contributed by atoms with E-state index in [1.54, 1.807) is 17.2 Å². The second-order valence-electron chi connectivity index (χ2n) is 8.56. The number of nitrogens with zero attached hydrogens (tertiary/aromatic N) is 3. The molecule has 6 nitrogen and oxygen atoms in total. The molecule has 1 N–H and O–H groups in total. The van der Waals surface area contributed by atoms with Gasteiger partial charge in [0, 0.05) is 25.2 Å². The maximum Gasteiger partial charge on any atom is 0.257 e. The van der Waals surface area contributed by atoms with Crippen molar-refractivity contribution in [3.8, 4) is 0 Å². The highest BCUT2D eigenvalue weighted by Gasteiger charge is 2.38. The van der Waals surface area contributed by atoms with Gasteiger partial charge in [-0.2, -0.15) is 0 Å². The average molecular weight is 435 g/mol. The molecule has 0 bridgehead atoms. The molecule has 0 radical (unpaired) electrons. The molecule has 2 aliphatic rings. The molecule has 3 aromatic rings. The molecule has 166 valence electrons. The fraction of sp³-hybridized carbons (Fsp3) is 0.360. The Morgan fingerprint density at radius 2 is 2.03 bits per heavy atom. The lowest BCUT2D eigenvalue weighted by Gasteiger charge is -2.43. The van der Waals surface area contributed by atoms with Gasteiger partial charge in [-0.3, -0.25) is 9.78 Å². The number of ether oxygens (including phenoxy) is 1. The number of hydrogen-bond donors (Lipinski definition) is 1. The lowest BCUT2D eigenvalue weighted by molar-refractivity contribution is -0.0575. The minimum Gasteiger partial charge on any atom is -0.389 e. The molecule has 3 heterocycles. The van der Waals surface area contributed by atoms with Crippen LogP contribution in [0.5, 0.6) is 0 Å². The summed E-state index contributed by atoms with van der Waals surface area (Å²) in [6, 6.07) is 13.4. The average Bonchev–Trinajstić information content (AvgIpc) is 2.82. The smallest absolute Gasteiger partial charge is 0.257 e. The number of carbonyl (C=O) groups excluding carboxylic acids is 1. The van der Waals surface area contributed by atoms with Crippen LogP contribution in [0, 0.1) is 0 Å². The van der Waals surface area contributed by atoms with Crippen molar-refractivity contribution in [2.45, 2.75) is 31.7 Å². The van der Waals surface area contributed by atoms with Crippen LogP contribution in [-0.4, -0.2) is 60.0 Å². The summed E-state index contributed by atoms with van der Waals surface area (Å²) in [7, 11) is 1.98. The van der Waals surface area contributed by atoms with Crippen LogP contribution in [0.15, 0.2) is 48.7 Å². The number of alkyl halides is 1. The number of aromatic nitrogens is 1. The van der Waals surface area contributed by atoms with Crippen LogP contribution in [0.1, 0.15) is 33.6 Å². The van der Waals surface area contributed by atoms with Crippen LogP contribution in [0.3, 0.4) is 0 Å². The van der Waals surface area contributed by atoms with Gasteiger partial charge < -0.3 is 19.6 Å². The highest BCUT2D eigenvalue weighted by Crippen LogP contribution is 2.38. The van der Waals surface area contributed by atoms with Crippen LogP contribution in [-0.2, 0) is 17.8 Å². The summed E-state index contributed by atoms with van der Waals surface area (Å²) in [6.45, 7) is 0.586. The number of hydrogen-bond acceptors (Lipinski definition) is 5. The predicted octanol–water partition coefficient (Wildman–Crippen LogP) is 3.29. The molecule has 32 heavy (non-hydrogen) atoms. The molecule has 1 aromatic heterocycles. The largest absolute Gasteiger partial charge is 0.389 e. The molecule has 1 fully saturated rings. The molecular weight excluding hydrogens is 409 g/mol. The van der Waals surface area contributed by atoms with Crippen molar-refractivity contribution in [1.82, 2.24) is 9.88 Å². The molecule has 5 rings (SSSR count). The van der Waals surface area contributed by atoms with E-state index < -0.39 is 12.8 Å². The van der Waals surface area contributed by atoms with Crippen LogP contribution < -0.4 is 4.90 Å². The SMILES string of the molecule is CN1CN(C2CCOCC2O)C(=O)c2cc(Cc3ccnc(CF)c3)c3ccccc3c21. The van der Waals surface area contributed by atoms with Gasteiger partial charge in [0.05, 0.1) is 42.4 Å². The number of anilines is 1. The van der Waals surface area contributed by atoms with Gasteiger partial charge in [0.1, 0.15) is 6.67 Å². The van der Waals surface area contributed by atoms with E-state index >= 15 is 0 Å². The van der Waals surface area contributed by atoms with Crippen LogP contribution in [0.4, 0.5) is 10.1 Å². The number of benzene rings is 2. The van der Waals surface area contributed by atoms with E-state index in [-0.39, 0.29) is 18.6 Å². The number of rotatable bonds is 4.